The first-order valence-corrected chi connectivity index (χ1v) is 7.49. The first kappa shape index (κ1) is 16.5. The molecule has 0 unspecified atom stereocenters. The van der Waals surface area contributed by atoms with Gasteiger partial charge in [-0.1, -0.05) is 31.2 Å². The summed E-state index contributed by atoms with van der Waals surface area (Å²) < 4.78 is 5.42. The molecular weight excluding hydrogens is 290 g/mol. The Balaban J connectivity index is 1.85. The normalized spacial score (nSPS) is 11.1. The topological polar surface area (TPSA) is 76.7 Å². The van der Waals surface area contributed by atoms with Crippen LogP contribution in [0.4, 0.5) is 5.69 Å². The van der Waals surface area contributed by atoms with E-state index in [9.17, 15) is 4.79 Å². The van der Waals surface area contributed by atoms with Crippen LogP contribution in [0.1, 0.15) is 25.0 Å². The largest absolute Gasteiger partial charge is 0.484 e. The predicted octanol–water partition coefficient (Wildman–Crippen LogP) is 2.75. The number of benzene rings is 2. The van der Waals surface area contributed by atoms with Crippen LogP contribution in [-0.2, 0) is 11.2 Å². The summed E-state index contributed by atoms with van der Waals surface area (Å²) in [5, 5.41) is 4.06. The first-order chi connectivity index (χ1) is 11.1. The number of nitrogens with zero attached hydrogens (tertiary/aromatic N) is 1. The number of hydrogen-bond acceptors (Lipinski definition) is 4. The molecule has 1 amide bonds. The third-order valence-corrected chi connectivity index (χ3v) is 3.35. The molecule has 0 aliphatic carbocycles. The van der Waals surface area contributed by atoms with Crippen LogP contribution in [0.3, 0.4) is 0 Å². The quantitative estimate of drug-likeness (QED) is 0.489. The molecule has 2 aromatic rings. The molecule has 2 aromatic carbocycles. The summed E-state index contributed by atoms with van der Waals surface area (Å²) >= 11 is 0. The van der Waals surface area contributed by atoms with Crippen LogP contribution in [-0.4, -0.2) is 18.2 Å². The van der Waals surface area contributed by atoms with Gasteiger partial charge in [-0.3, -0.25) is 4.79 Å². The maximum atomic E-state index is 11.8. The summed E-state index contributed by atoms with van der Waals surface area (Å²) in [5.74, 6) is 0.349. The highest BCUT2D eigenvalue weighted by Gasteiger charge is 2.03. The summed E-state index contributed by atoms with van der Waals surface area (Å²) in [4.78, 5) is 11.8. The number of amides is 1. The van der Waals surface area contributed by atoms with E-state index in [1.165, 1.54) is 5.56 Å². The predicted molar refractivity (Wildman–Crippen MR) is 92.5 cm³/mol. The fourth-order valence-corrected chi connectivity index (χ4v) is 1.98. The second-order valence-corrected chi connectivity index (χ2v) is 5.14. The number of aryl methyl sites for hydroxylation is 1. The molecule has 0 saturated heterocycles. The minimum atomic E-state index is -0.312. The standard InChI is InChI=1S/C18H21N3O2/c1-3-14-7-9-17(10-8-14)23-12-18(22)21-20-13(2)15-5-4-6-16(19)11-15/h4-11H,3,12,19H2,1-2H3,(H,21,22). The van der Waals surface area contributed by atoms with Crippen molar-refractivity contribution in [1.82, 2.24) is 5.43 Å². The average molecular weight is 311 g/mol. The SMILES string of the molecule is CCc1ccc(OCC(=O)NN=C(C)c2cccc(N)c2)cc1. The van der Waals surface area contributed by atoms with Gasteiger partial charge in [0.05, 0.1) is 5.71 Å². The molecule has 120 valence electrons. The van der Waals surface area contributed by atoms with E-state index in [2.05, 4.69) is 17.5 Å². The summed E-state index contributed by atoms with van der Waals surface area (Å²) in [6.07, 6.45) is 0.971. The van der Waals surface area contributed by atoms with Crippen molar-refractivity contribution in [1.29, 1.82) is 0 Å². The van der Waals surface area contributed by atoms with Gasteiger partial charge in [-0.2, -0.15) is 5.10 Å². The van der Waals surface area contributed by atoms with Gasteiger partial charge in [-0.25, -0.2) is 5.43 Å². The van der Waals surface area contributed by atoms with Crippen LogP contribution >= 0.6 is 0 Å². The highest BCUT2D eigenvalue weighted by Crippen LogP contribution is 2.12. The number of carbonyl (C=O) groups is 1. The number of hydrogen-bond donors (Lipinski definition) is 2. The first-order valence-electron chi connectivity index (χ1n) is 7.49. The Bertz CT molecular complexity index is 694. The third-order valence-electron chi connectivity index (χ3n) is 3.35. The van der Waals surface area contributed by atoms with Crippen molar-refractivity contribution in [2.24, 2.45) is 5.10 Å². The molecule has 0 fully saturated rings. The Morgan fingerprint density at radius 2 is 1.96 bits per heavy atom. The van der Waals surface area contributed by atoms with Gasteiger partial charge < -0.3 is 10.5 Å². The Morgan fingerprint density at radius 3 is 2.61 bits per heavy atom. The van der Waals surface area contributed by atoms with Crippen molar-refractivity contribution >= 4 is 17.3 Å². The van der Waals surface area contributed by atoms with E-state index in [0.717, 1.165) is 12.0 Å². The highest BCUT2D eigenvalue weighted by molar-refractivity contribution is 5.99. The second-order valence-electron chi connectivity index (χ2n) is 5.14. The smallest absolute Gasteiger partial charge is 0.277 e. The summed E-state index contributed by atoms with van der Waals surface area (Å²) in [5.41, 5.74) is 11.6. The van der Waals surface area contributed by atoms with E-state index in [1.807, 2.05) is 36.4 Å². The lowest BCUT2D eigenvalue weighted by Crippen LogP contribution is -2.25. The van der Waals surface area contributed by atoms with E-state index in [1.54, 1.807) is 19.1 Å². The van der Waals surface area contributed by atoms with Crippen molar-refractivity contribution < 1.29 is 9.53 Å². The van der Waals surface area contributed by atoms with E-state index < -0.39 is 0 Å². The van der Waals surface area contributed by atoms with Gasteiger partial charge in [-0.05, 0) is 48.7 Å². The fourth-order valence-electron chi connectivity index (χ4n) is 1.98. The van der Waals surface area contributed by atoms with Crippen molar-refractivity contribution in [2.45, 2.75) is 20.3 Å². The number of carbonyl (C=O) groups excluding carboxylic acids is 1. The number of hydrazone groups is 1. The molecule has 5 heteroatoms. The average Bonchev–Trinajstić information content (AvgIpc) is 2.58. The molecule has 23 heavy (non-hydrogen) atoms. The van der Waals surface area contributed by atoms with Crippen LogP contribution in [0, 0.1) is 0 Å². The third kappa shape index (κ3) is 5.14. The number of nitrogens with one attached hydrogen (secondary N) is 1. The van der Waals surface area contributed by atoms with Gasteiger partial charge in [0, 0.05) is 5.69 Å². The van der Waals surface area contributed by atoms with Crippen molar-refractivity contribution in [3.63, 3.8) is 0 Å². The summed E-state index contributed by atoms with van der Waals surface area (Å²) in [6, 6.07) is 15.0. The van der Waals surface area contributed by atoms with Crippen molar-refractivity contribution in [3.8, 4) is 5.75 Å². The van der Waals surface area contributed by atoms with Gasteiger partial charge in [0.15, 0.2) is 6.61 Å². The molecule has 0 aliphatic rings. The number of rotatable bonds is 6. The molecule has 0 heterocycles. The van der Waals surface area contributed by atoms with E-state index in [-0.39, 0.29) is 12.5 Å². The maximum absolute atomic E-state index is 11.8. The lowest BCUT2D eigenvalue weighted by atomic mass is 10.1. The molecule has 0 aliphatic heterocycles. The van der Waals surface area contributed by atoms with Gasteiger partial charge in [0.1, 0.15) is 5.75 Å². The fraction of sp³-hybridized carbons (Fsp3) is 0.222. The monoisotopic (exact) mass is 311 g/mol. The molecule has 0 radical (unpaired) electrons. The molecular formula is C18H21N3O2. The van der Waals surface area contributed by atoms with Crippen LogP contribution in [0.25, 0.3) is 0 Å². The van der Waals surface area contributed by atoms with Gasteiger partial charge in [-0.15, -0.1) is 0 Å². The van der Waals surface area contributed by atoms with Gasteiger partial charge >= 0.3 is 0 Å². The minimum absolute atomic E-state index is 0.0841. The Kier molecular flexibility index (Phi) is 5.74. The van der Waals surface area contributed by atoms with E-state index >= 15 is 0 Å². The van der Waals surface area contributed by atoms with Crippen molar-refractivity contribution in [2.75, 3.05) is 12.3 Å². The Labute approximate surface area is 136 Å². The van der Waals surface area contributed by atoms with E-state index in [4.69, 9.17) is 10.5 Å². The van der Waals surface area contributed by atoms with Crippen LogP contribution < -0.4 is 15.9 Å². The van der Waals surface area contributed by atoms with Crippen LogP contribution in [0.5, 0.6) is 5.75 Å². The zero-order valence-electron chi connectivity index (χ0n) is 13.4. The highest BCUT2D eigenvalue weighted by atomic mass is 16.5. The van der Waals surface area contributed by atoms with Gasteiger partial charge in [0.25, 0.3) is 5.91 Å². The van der Waals surface area contributed by atoms with Crippen LogP contribution in [0.2, 0.25) is 0 Å². The molecule has 2 rings (SSSR count). The number of nitrogens with two attached hydrogens (primary N) is 1. The van der Waals surface area contributed by atoms with Gasteiger partial charge in [0.2, 0.25) is 0 Å². The molecule has 0 atom stereocenters. The molecule has 0 spiro atoms. The molecule has 0 saturated carbocycles. The summed E-state index contributed by atoms with van der Waals surface area (Å²) in [6.45, 7) is 3.81. The lowest BCUT2D eigenvalue weighted by Gasteiger charge is -2.07. The minimum Gasteiger partial charge on any atom is -0.484 e. The molecule has 5 nitrogen and oxygen atoms in total. The summed E-state index contributed by atoms with van der Waals surface area (Å²) in [7, 11) is 0. The number of ether oxygens (including phenoxy) is 1. The second kappa shape index (κ2) is 7.98. The zero-order valence-corrected chi connectivity index (χ0v) is 13.4. The number of nitrogen functional groups attached to an aromatic ring is 1. The molecule has 0 aromatic heterocycles. The Hall–Kier alpha value is -2.82. The zero-order chi connectivity index (χ0) is 16.7. The number of anilines is 1. The molecule has 0 bridgehead atoms. The van der Waals surface area contributed by atoms with E-state index in [0.29, 0.717) is 17.1 Å². The molecule has 3 N–H and O–H groups in total. The van der Waals surface area contributed by atoms with Crippen molar-refractivity contribution in [3.05, 3.63) is 59.7 Å². The Morgan fingerprint density at radius 1 is 1.22 bits per heavy atom. The van der Waals surface area contributed by atoms with Crippen LogP contribution in [0.15, 0.2) is 53.6 Å². The lowest BCUT2D eigenvalue weighted by molar-refractivity contribution is -0.123. The maximum Gasteiger partial charge on any atom is 0.277 e.